The number of sulfonamides is 1. The minimum Gasteiger partial charge on any atom is -0.229 e. The van der Waals surface area contributed by atoms with Gasteiger partial charge in [-0.15, -0.1) is 0 Å². The van der Waals surface area contributed by atoms with Crippen LogP contribution < -0.4 is 0 Å². The minimum atomic E-state index is -3.60. The standard InChI is InChI=1S/C15H21NO4S2/c1-21(17,18)15-8-9-16(11-15)22(19,20)14-7-6-12-4-2-3-5-13(12)10-14/h6-7,10,15H,2-5,8-9,11H2,1H3. The Balaban J connectivity index is 1.88. The number of aryl methyl sites for hydroxylation is 2. The Morgan fingerprint density at radius 3 is 2.36 bits per heavy atom. The molecule has 5 nitrogen and oxygen atoms in total. The van der Waals surface area contributed by atoms with Crippen molar-refractivity contribution in [2.75, 3.05) is 19.3 Å². The molecule has 1 aliphatic carbocycles. The van der Waals surface area contributed by atoms with Crippen LogP contribution in [0.4, 0.5) is 0 Å². The van der Waals surface area contributed by atoms with Gasteiger partial charge in [-0.05, 0) is 55.4 Å². The van der Waals surface area contributed by atoms with E-state index in [0.29, 0.717) is 11.3 Å². The Hall–Kier alpha value is -0.920. The molecule has 1 heterocycles. The molecule has 0 saturated carbocycles. The molecule has 1 aliphatic heterocycles. The second-order valence-corrected chi connectivity index (χ2v) is 10.5. The van der Waals surface area contributed by atoms with Crippen LogP contribution in [0.2, 0.25) is 0 Å². The van der Waals surface area contributed by atoms with Gasteiger partial charge in [0.05, 0.1) is 10.1 Å². The number of rotatable bonds is 3. The van der Waals surface area contributed by atoms with E-state index in [0.717, 1.165) is 31.2 Å². The van der Waals surface area contributed by atoms with Crippen molar-refractivity contribution in [1.29, 1.82) is 0 Å². The maximum Gasteiger partial charge on any atom is 0.243 e. The Morgan fingerprint density at radius 2 is 1.73 bits per heavy atom. The van der Waals surface area contributed by atoms with Crippen LogP contribution in [0.25, 0.3) is 0 Å². The molecule has 1 aromatic carbocycles. The molecule has 0 spiro atoms. The lowest BCUT2D eigenvalue weighted by Gasteiger charge is -2.20. The third kappa shape index (κ3) is 2.94. The van der Waals surface area contributed by atoms with E-state index >= 15 is 0 Å². The van der Waals surface area contributed by atoms with Crippen molar-refractivity contribution in [1.82, 2.24) is 4.31 Å². The molecule has 1 fully saturated rings. The zero-order valence-corrected chi connectivity index (χ0v) is 14.3. The highest BCUT2D eigenvalue weighted by Crippen LogP contribution is 2.28. The van der Waals surface area contributed by atoms with E-state index in [2.05, 4.69) is 0 Å². The second-order valence-electron chi connectivity index (χ2n) is 6.24. The highest BCUT2D eigenvalue weighted by molar-refractivity contribution is 7.91. The summed E-state index contributed by atoms with van der Waals surface area (Å²) in [4.78, 5) is 0.294. The third-order valence-electron chi connectivity index (χ3n) is 4.67. The first kappa shape index (κ1) is 16.0. The fourth-order valence-corrected chi connectivity index (χ4v) is 5.91. The molecule has 0 aromatic heterocycles. The minimum absolute atomic E-state index is 0.0677. The summed E-state index contributed by atoms with van der Waals surface area (Å²) in [5, 5.41) is -0.583. The van der Waals surface area contributed by atoms with Crippen molar-refractivity contribution in [3.8, 4) is 0 Å². The first-order chi connectivity index (χ1) is 10.3. The number of nitrogens with zero attached hydrogens (tertiary/aromatic N) is 1. The molecule has 22 heavy (non-hydrogen) atoms. The van der Waals surface area contributed by atoms with E-state index in [1.54, 1.807) is 12.1 Å². The summed E-state index contributed by atoms with van der Waals surface area (Å²) in [6.45, 7) is 0.343. The van der Waals surface area contributed by atoms with Crippen molar-refractivity contribution in [2.45, 2.75) is 42.2 Å². The van der Waals surface area contributed by atoms with Gasteiger partial charge in [-0.2, -0.15) is 4.31 Å². The molecule has 122 valence electrons. The van der Waals surface area contributed by atoms with E-state index in [9.17, 15) is 16.8 Å². The zero-order valence-electron chi connectivity index (χ0n) is 12.7. The van der Waals surface area contributed by atoms with Crippen molar-refractivity contribution in [2.24, 2.45) is 0 Å². The maximum atomic E-state index is 12.7. The van der Waals surface area contributed by atoms with Gasteiger partial charge in [-0.25, -0.2) is 16.8 Å². The highest BCUT2D eigenvalue weighted by Gasteiger charge is 2.37. The van der Waals surface area contributed by atoms with E-state index in [-0.39, 0.29) is 13.1 Å². The lowest BCUT2D eigenvalue weighted by Crippen LogP contribution is -2.31. The lowest BCUT2D eigenvalue weighted by atomic mass is 9.92. The fourth-order valence-electron chi connectivity index (χ4n) is 3.28. The molecule has 1 unspecified atom stereocenters. The third-order valence-corrected chi connectivity index (χ3v) is 8.13. The molecular weight excluding hydrogens is 322 g/mol. The summed E-state index contributed by atoms with van der Waals surface area (Å²) in [5.74, 6) is 0. The van der Waals surface area contributed by atoms with Crippen molar-refractivity contribution in [3.05, 3.63) is 29.3 Å². The summed E-state index contributed by atoms with van der Waals surface area (Å²) < 4.78 is 50.0. The molecular formula is C15H21NO4S2. The van der Waals surface area contributed by atoms with E-state index in [4.69, 9.17) is 0 Å². The van der Waals surface area contributed by atoms with Crippen LogP contribution in [-0.4, -0.2) is 45.7 Å². The molecule has 7 heteroatoms. The fraction of sp³-hybridized carbons (Fsp3) is 0.600. The average Bonchev–Trinajstić information content (AvgIpc) is 2.97. The smallest absolute Gasteiger partial charge is 0.229 e. The highest BCUT2D eigenvalue weighted by atomic mass is 32.2. The van der Waals surface area contributed by atoms with Gasteiger partial charge in [0, 0.05) is 19.3 Å². The Bertz CT molecular complexity index is 784. The van der Waals surface area contributed by atoms with Gasteiger partial charge >= 0.3 is 0 Å². The molecule has 1 aromatic rings. The van der Waals surface area contributed by atoms with Gasteiger partial charge in [0.25, 0.3) is 0 Å². The predicted octanol–water partition coefficient (Wildman–Crippen LogP) is 1.37. The largest absolute Gasteiger partial charge is 0.243 e. The predicted molar refractivity (Wildman–Crippen MR) is 85.1 cm³/mol. The van der Waals surface area contributed by atoms with Gasteiger partial charge in [-0.3, -0.25) is 0 Å². The lowest BCUT2D eigenvalue weighted by molar-refractivity contribution is 0.476. The topological polar surface area (TPSA) is 71.5 Å². The summed E-state index contributed by atoms with van der Waals surface area (Å²) in [5.41, 5.74) is 2.35. The van der Waals surface area contributed by atoms with Crippen LogP contribution in [0, 0.1) is 0 Å². The zero-order chi connectivity index (χ0) is 16.0. The Kier molecular flexibility index (Phi) is 4.07. The van der Waals surface area contributed by atoms with Gasteiger partial charge in [0.1, 0.15) is 0 Å². The van der Waals surface area contributed by atoms with Crippen LogP contribution in [0.5, 0.6) is 0 Å². The number of benzene rings is 1. The SMILES string of the molecule is CS(=O)(=O)C1CCN(S(=O)(=O)c2ccc3c(c2)CCCC3)C1. The molecule has 1 atom stereocenters. The average molecular weight is 343 g/mol. The van der Waals surface area contributed by atoms with Gasteiger partial charge < -0.3 is 0 Å². The number of sulfone groups is 1. The molecule has 0 radical (unpaired) electrons. The summed E-state index contributed by atoms with van der Waals surface area (Å²) in [6, 6.07) is 5.34. The van der Waals surface area contributed by atoms with Crippen LogP contribution in [0.3, 0.4) is 0 Å². The molecule has 0 bridgehead atoms. The van der Waals surface area contributed by atoms with Gasteiger partial charge in [-0.1, -0.05) is 6.07 Å². The quantitative estimate of drug-likeness (QED) is 0.831. The second kappa shape index (κ2) is 5.62. The van der Waals surface area contributed by atoms with E-state index in [1.807, 2.05) is 6.07 Å². The maximum absolute atomic E-state index is 12.7. The number of hydrogen-bond donors (Lipinski definition) is 0. The first-order valence-corrected chi connectivity index (χ1v) is 11.0. The van der Waals surface area contributed by atoms with E-state index in [1.165, 1.54) is 16.1 Å². The van der Waals surface area contributed by atoms with Crippen LogP contribution in [0.1, 0.15) is 30.4 Å². The normalized spacial score (nSPS) is 23.4. The summed E-state index contributed by atoms with van der Waals surface area (Å²) >= 11 is 0. The van der Waals surface area contributed by atoms with Crippen LogP contribution in [-0.2, 0) is 32.7 Å². The first-order valence-electron chi connectivity index (χ1n) is 7.59. The number of fused-ring (bicyclic) bond motifs is 1. The van der Waals surface area contributed by atoms with E-state index < -0.39 is 25.1 Å². The van der Waals surface area contributed by atoms with Crippen LogP contribution in [0.15, 0.2) is 23.1 Å². The number of hydrogen-bond acceptors (Lipinski definition) is 4. The molecule has 3 rings (SSSR count). The molecule has 0 amide bonds. The molecule has 1 saturated heterocycles. The Morgan fingerprint density at radius 1 is 1.05 bits per heavy atom. The van der Waals surface area contributed by atoms with Crippen molar-refractivity contribution in [3.63, 3.8) is 0 Å². The molecule has 0 N–H and O–H groups in total. The van der Waals surface area contributed by atoms with Crippen molar-refractivity contribution < 1.29 is 16.8 Å². The summed E-state index contributed by atoms with van der Waals surface area (Å²) in [6.07, 6.45) is 5.73. The van der Waals surface area contributed by atoms with Gasteiger partial charge in [0.2, 0.25) is 10.0 Å². The van der Waals surface area contributed by atoms with Gasteiger partial charge in [0.15, 0.2) is 9.84 Å². The Labute approximate surface area is 132 Å². The van der Waals surface area contributed by atoms with Crippen molar-refractivity contribution >= 4 is 19.9 Å². The van der Waals surface area contributed by atoms with Crippen LogP contribution >= 0.6 is 0 Å². The monoisotopic (exact) mass is 343 g/mol. The summed E-state index contributed by atoms with van der Waals surface area (Å²) in [7, 11) is -6.79. The molecule has 2 aliphatic rings.